The molecule has 0 aromatic heterocycles. The molecule has 2 aromatic carbocycles. The molecule has 0 radical (unpaired) electrons. The molecular weight excluding hydrogens is 422 g/mol. The summed E-state index contributed by atoms with van der Waals surface area (Å²) < 4.78 is 16.4. The lowest BCUT2D eigenvalue weighted by atomic mass is 10.1. The molecule has 0 unspecified atom stereocenters. The van der Waals surface area contributed by atoms with E-state index in [-0.39, 0.29) is 24.2 Å². The Bertz CT molecular complexity index is 1020. The molecule has 2 saturated heterocycles. The Morgan fingerprint density at radius 1 is 1.00 bits per heavy atom. The number of ether oxygens (including phenoxy) is 3. The summed E-state index contributed by atoms with van der Waals surface area (Å²) in [7, 11) is 1.67. The molecule has 3 aliphatic rings. The number of hydrogen-bond donors (Lipinski definition) is 0. The summed E-state index contributed by atoms with van der Waals surface area (Å²) in [5, 5.41) is 0. The van der Waals surface area contributed by atoms with Crippen molar-refractivity contribution in [1.29, 1.82) is 0 Å². The fourth-order valence-corrected chi connectivity index (χ4v) is 4.70. The Balaban J connectivity index is 1.16. The molecule has 2 amide bonds. The van der Waals surface area contributed by atoms with Gasteiger partial charge in [0.15, 0.2) is 11.5 Å². The summed E-state index contributed by atoms with van der Waals surface area (Å²) in [6.07, 6.45) is 0.249. The minimum Gasteiger partial charge on any atom is -0.497 e. The number of nitrogens with zero attached hydrogens (tertiary/aromatic N) is 3. The van der Waals surface area contributed by atoms with Crippen LogP contribution in [-0.4, -0.2) is 74.7 Å². The summed E-state index contributed by atoms with van der Waals surface area (Å²) in [4.78, 5) is 31.8. The first-order chi connectivity index (χ1) is 16.1. The monoisotopic (exact) mass is 451 g/mol. The van der Waals surface area contributed by atoms with Crippen LogP contribution in [0.2, 0.25) is 0 Å². The number of anilines is 1. The Kier molecular flexibility index (Phi) is 6.09. The zero-order valence-corrected chi connectivity index (χ0v) is 18.9. The summed E-state index contributed by atoms with van der Waals surface area (Å²) in [5.74, 6) is 1.94. The molecule has 1 atom stereocenters. The molecule has 2 fully saturated rings. The highest BCUT2D eigenvalue weighted by Gasteiger charge is 2.38. The zero-order chi connectivity index (χ0) is 22.8. The first kappa shape index (κ1) is 21.6. The first-order valence-corrected chi connectivity index (χ1v) is 11.4. The number of amides is 2. The van der Waals surface area contributed by atoms with Gasteiger partial charge in [0, 0.05) is 57.4 Å². The van der Waals surface area contributed by atoms with E-state index in [9.17, 15) is 9.59 Å². The fourth-order valence-electron chi connectivity index (χ4n) is 4.70. The van der Waals surface area contributed by atoms with E-state index in [4.69, 9.17) is 14.2 Å². The minimum absolute atomic E-state index is 0.0248. The van der Waals surface area contributed by atoms with Crippen molar-refractivity contribution in [2.75, 3.05) is 57.9 Å². The van der Waals surface area contributed by atoms with E-state index in [1.807, 2.05) is 35.2 Å². The van der Waals surface area contributed by atoms with Crippen LogP contribution >= 0.6 is 0 Å². The van der Waals surface area contributed by atoms with Crippen LogP contribution in [0.25, 0.3) is 0 Å². The van der Waals surface area contributed by atoms with Gasteiger partial charge in [-0.2, -0.15) is 0 Å². The van der Waals surface area contributed by atoms with E-state index in [0.717, 1.165) is 31.1 Å². The van der Waals surface area contributed by atoms with Gasteiger partial charge in [0.25, 0.3) is 0 Å². The molecule has 33 heavy (non-hydrogen) atoms. The highest BCUT2D eigenvalue weighted by Crippen LogP contribution is 2.36. The largest absolute Gasteiger partial charge is 0.497 e. The van der Waals surface area contributed by atoms with Gasteiger partial charge in [0.05, 0.1) is 13.0 Å². The highest BCUT2D eigenvalue weighted by molar-refractivity contribution is 6.00. The van der Waals surface area contributed by atoms with Gasteiger partial charge in [0.1, 0.15) is 19.0 Å². The summed E-state index contributed by atoms with van der Waals surface area (Å²) in [6, 6.07) is 13.6. The molecule has 0 bridgehead atoms. The number of rotatable bonds is 5. The molecule has 0 N–H and O–H groups in total. The summed E-state index contributed by atoms with van der Waals surface area (Å²) >= 11 is 0. The molecule has 0 spiro atoms. The zero-order valence-electron chi connectivity index (χ0n) is 18.9. The Morgan fingerprint density at radius 3 is 2.45 bits per heavy atom. The quantitative estimate of drug-likeness (QED) is 0.694. The van der Waals surface area contributed by atoms with Gasteiger partial charge >= 0.3 is 0 Å². The van der Waals surface area contributed by atoms with Crippen LogP contribution in [0, 0.1) is 5.92 Å². The average molecular weight is 452 g/mol. The lowest BCUT2D eigenvalue weighted by molar-refractivity contribution is -0.137. The second-order valence-corrected chi connectivity index (χ2v) is 8.68. The third kappa shape index (κ3) is 4.61. The molecule has 0 aliphatic carbocycles. The normalized spacial score (nSPS) is 20.8. The number of carbonyl (C=O) groups excluding carboxylic acids is 2. The van der Waals surface area contributed by atoms with Crippen molar-refractivity contribution in [2.24, 2.45) is 5.92 Å². The van der Waals surface area contributed by atoms with E-state index in [2.05, 4.69) is 17.0 Å². The Morgan fingerprint density at radius 2 is 1.73 bits per heavy atom. The predicted molar refractivity (Wildman–Crippen MR) is 123 cm³/mol. The van der Waals surface area contributed by atoms with Gasteiger partial charge in [-0.15, -0.1) is 0 Å². The molecule has 2 aromatic rings. The number of hydrogen-bond acceptors (Lipinski definition) is 6. The van der Waals surface area contributed by atoms with Crippen molar-refractivity contribution in [1.82, 2.24) is 9.80 Å². The lowest BCUT2D eigenvalue weighted by Crippen LogP contribution is -2.50. The Hall–Kier alpha value is -3.26. The van der Waals surface area contributed by atoms with Gasteiger partial charge in [-0.25, -0.2) is 0 Å². The standard InChI is InChI=1S/C25H29N3O5/c1-31-21-5-2-18(3-6-21)16-26-8-10-27(11-9-26)25(30)19-14-24(29)28(17-19)20-4-7-22-23(15-20)33-13-12-32-22/h2-7,15,19H,8-14,16-17H2,1H3/t19-/m1/s1. The summed E-state index contributed by atoms with van der Waals surface area (Å²) in [5.41, 5.74) is 1.98. The van der Waals surface area contributed by atoms with Crippen LogP contribution in [0.4, 0.5) is 5.69 Å². The van der Waals surface area contributed by atoms with Crippen LogP contribution in [0.1, 0.15) is 12.0 Å². The number of fused-ring (bicyclic) bond motifs is 1. The highest BCUT2D eigenvalue weighted by atomic mass is 16.6. The van der Waals surface area contributed by atoms with Crippen LogP contribution in [0.5, 0.6) is 17.2 Å². The molecule has 8 nitrogen and oxygen atoms in total. The van der Waals surface area contributed by atoms with Crippen LogP contribution in [0.15, 0.2) is 42.5 Å². The third-order valence-corrected chi connectivity index (χ3v) is 6.56. The van der Waals surface area contributed by atoms with E-state index in [0.29, 0.717) is 44.3 Å². The van der Waals surface area contributed by atoms with Crippen LogP contribution in [0.3, 0.4) is 0 Å². The SMILES string of the molecule is COc1ccc(CN2CCN(C(=O)[C@@H]3CC(=O)N(c4ccc5c(c4)OCCO5)C3)CC2)cc1. The van der Waals surface area contributed by atoms with Crippen molar-refractivity contribution in [3.8, 4) is 17.2 Å². The first-order valence-electron chi connectivity index (χ1n) is 11.4. The number of carbonyl (C=O) groups is 2. The number of benzene rings is 2. The van der Waals surface area contributed by atoms with Gasteiger partial charge < -0.3 is 24.0 Å². The fraction of sp³-hybridized carbons (Fsp3) is 0.440. The van der Waals surface area contributed by atoms with Crippen molar-refractivity contribution >= 4 is 17.5 Å². The molecule has 5 rings (SSSR count). The van der Waals surface area contributed by atoms with E-state index >= 15 is 0 Å². The van der Waals surface area contributed by atoms with Crippen molar-refractivity contribution < 1.29 is 23.8 Å². The minimum atomic E-state index is -0.307. The predicted octanol–water partition coefficient (Wildman–Crippen LogP) is 2.16. The second-order valence-electron chi connectivity index (χ2n) is 8.68. The molecular formula is C25H29N3O5. The van der Waals surface area contributed by atoms with E-state index < -0.39 is 0 Å². The van der Waals surface area contributed by atoms with E-state index in [1.165, 1.54) is 5.56 Å². The summed E-state index contributed by atoms with van der Waals surface area (Å²) in [6.45, 7) is 5.30. The average Bonchev–Trinajstić information content (AvgIpc) is 3.26. The smallest absolute Gasteiger partial charge is 0.228 e. The number of piperazine rings is 1. The van der Waals surface area contributed by atoms with Crippen LogP contribution < -0.4 is 19.1 Å². The van der Waals surface area contributed by atoms with Gasteiger partial charge in [0.2, 0.25) is 11.8 Å². The molecule has 3 heterocycles. The van der Waals surface area contributed by atoms with Crippen molar-refractivity contribution in [3.05, 3.63) is 48.0 Å². The molecule has 8 heteroatoms. The Labute approximate surface area is 193 Å². The van der Waals surface area contributed by atoms with Crippen molar-refractivity contribution in [3.63, 3.8) is 0 Å². The van der Waals surface area contributed by atoms with E-state index in [1.54, 1.807) is 12.0 Å². The molecule has 0 saturated carbocycles. The maximum atomic E-state index is 13.2. The maximum Gasteiger partial charge on any atom is 0.228 e. The topological polar surface area (TPSA) is 71.6 Å². The lowest BCUT2D eigenvalue weighted by Gasteiger charge is -2.36. The van der Waals surface area contributed by atoms with Gasteiger partial charge in [-0.3, -0.25) is 14.5 Å². The van der Waals surface area contributed by atoms with Crippen LogP contribution in [-0.2, 0) is 16.1 Å². The third-order valence-electron chi connectivity index (χ3n) is 6.56. The molecule has 3 aliphatic heterocycles. The number of methoxy groups -OCH3 is 1. The van der Waals surface area contributed by atoms with Crippen molar-refractivity contribution in [2.45, 2.75) is 13.0 Å². The second kappa shape index (κ2) is 9.31. The van der Waals surface area contributed by atoms with Gasteiger partial charge in [-0.1, -0.05) is 12.1 Å². The molecule has 174 valence electrons. The van der Waals surface area contributed by atoms with Gasteiger partial charge in [-0.05, 0) is 29.8 Å². The maximum absolute atomic E-state index is 13.2.